The first-order chi connectivity index (χ1) is 9.76. The second-order valence-electron chi connectivity index (χ2n) is 4.98. The number of hydrogen-bond donors (Lipinski definition) is 2. The second-order valence-corrected chi connectivity index (χ2v) is 6.42. The summed E-state index contributed by atoms with van der Waals surface area (Å²) in [4.78, 5) is 8.28. The van der Waals surface area contributed by atoms with Gasteiger partial charge in [0.15, 0.2) is 0 Å². The number of hydrazine groups is 1. The van der Waals surface area contributed by atoms with E-state index in [4.69, 9.17) is 17.4 Å². The zero-order chi connectivity index (χ0) is 13.9. The number of nitrogens with zero attached hydrogens (tertiary/aromatic N) is 2. The molecular formula is C14H17ClN4S. The molecule has 2 heterocycles. The van der Waals surface area contributed by atoms with Gasteiger partial charge in [0, 0.05) is 24.0 Å². The van der Waals surface area contributed by atoms with Gasteiger partial charge in [0.05, 0.1) is 10.7 Å². The van der Waals surface area contributed by atoms with E-state index in [1.54, 1.807) is 17.4 Å². The summed E-state index contributed by atoms with van der Waals surface area (Å²) in [6, 6.07) is 8.55. The fraction of sp³-hybridized carbons (Fsp3) is 0.357. The smallest absolute Gasteiger partial charge is 0.140 e. The number of thiophene rings is 1. The van der Waals surface area contributed by atoms with Crippen LogP contribution in [0.3, 0.4) is 0 Å². The van der Waals surface area contributed by atoms with Gasteiger partial charge in [-0.05, 0) is 36.4 Å². The van der Waals surface area contributed by atoms with Crippen molar-refractivity contribution in [1.82, 2.24) is 9.88 Å². The number of nitrogens with one attached hydrogen (secondary N) is 1. The van der Waals surface area contributed by atoms with Gasteiger partial charge in [0.1, 0.15) is 5.82 Å². The van der Waals surface area contributed by atoms with Crippen LogP contribution < -0.4 is 11.3 Å². The van der Waals surface area contributed by atoms with Crippen LogP contribution in [0.1, 0.15) is 23.4 Å². The number of rotatable bonds is 6. The van der Waals surface area contributed by atoms with Crippen molar-refractivity contribution in [3.05, 3.63) is 45.2 Å². The van der Waals surface area contributed by atoms with Gasteiger partial charge >= 0.3 is 0 Å². The van der Waals surface area contributed by atoms with E-state index in [-0.39, 0.29) is 0 Å². The van der Waals surface area contributed by atoms with Crippen molar-refractivity contribution in [2.24, 2.45) is 5.84 Å². The lowest BCUT2D eigenvalue weighted by Crippen LogP contribution is -2.25. The van der Waals surface area contributed by atoms with Gasteiger partial charge in [-0.25, -0.2) is 10.8 Å². The fourth-order valence-electron chi connectivity index (χ4n) is 2.22. The summed E-state index contributed by atoms with van der Waals surface area (Å²) in [5.74, 6) is 6.06. The second kappa shape index (κ2) is 6.10. The Bertz CT molecular complexity index is 569. The van der Waals surface area contributed by atoms with Gasteiger partial charge in [-0.2, -0.15) is 0 Å². The van der Waals surface area contributed by atoms with Crippen LogP contribution in [-0.2, 0) is 13.1 Å². The predicted molar refractivity (Wildman–Crippen MR) is 83.6 cm³/mol. The summed E-state index contributed by atoms with van der Waals surface area (Å²) in [6.45, 7) is 1.72. The van der Waals surface area contributed by atoms with Gasteiger partial charge in [0.2, 0.25) is 0 Å². The Labute approximate surface area is 127 Å². The third-order valence-electron chi connectivity index (χ3n) is 3.42. The van der Waals surface area contributed by atoms with E-state index in [0.717, 1.165) is 18.8 Å². The molecule has 6 heteroatoms. The predicted octanol–water partition coefficient (Wildman–Crippen LogP) is 3.25. The minimum absolute atomic E-state index is 0.649. The van der Waals surface area contributed by atoms with E-state index < -0.39 is 0 Å². The standard InChI is InChI=1S/C14H17ClN4S/c15-12-5-6-14(18-16)17-13(12)9-19(10-3-4-10)8-11-2-1-7-20-11/h1-2,5-7,10H,3-4,8-9,16H2,(H,17,18). The minimum Gasteiger partial charge on any atom is -0.308 e. The van der Waals surface area contributed by atoms with Crippen LogP contribution in [0.5, 0.6) is 0 Å². The molecule has 3 N–H and O–H groups in total. The molecule has 0 saturated heterocycles. The van der Waals surface area contributed by atoms with Crippen LogP contribution in [-0.4, -0.2) is 15.9 Å². The zero-order valence-corrected chi connectivity index (χ0v) is 12.6. The number of aromatic nitrogens is 1. The summed E-state index contributed by atoms with van der Waals surface area (Å²) in [6.07, 6.45) is 2.52. The van der Waals surface area contributed by atoms with Gasteiger partial charge in [0.25, 0.3) is 0 Å². The highest BCUT2D eigenvalue weighted by Crippen LogP contribution is 2.31. The molecule has 0 amide bonds. The van der Waals surface area contributed by atoms with Gasteiger partial charge in [-0.3, -0.25) is 4.90 Å². The van der Waals surface area contributed by atoms with E-state index in [9.17, 15) is 0 Å². The summed E-state index contributed by atoms with van der Waals surface area (Å²) in [7, 11) is 0. The Morgan fingerprint density at radius 2 is 2.20 bits per heavy atom. The maximum atomic E-state index is 6.25. The highest BCUT2D eigenvalue weighted by molar-refractivity contribution is 7.09. The number of nitrogen functional groups attached to an aromatic ring is 1. The minimum atomic E-state index is 0.649. The van der Waals surface area contributed by atoms with Crippen molar-refractivity contribution < 1.29 is 0 Å². The summed E-state index contributed by atoms with van der Waals surface area (Å²) in [5, 5.41) is 2.81. The molecule has 0 aromatic carbocycles. The average Bonchev–Trinajstić information content (AvgIpc) is 3.18. The number of halogens is 1. The van der Waals surface area contributed by atoms with Crippen LogP contribution >= 0.6 is 22.9 Å². The quantitative estimate of drug-likeness (QED) is 0.635. The van der Waals surface area contributed by atoms with Crippen LogP contribution in [0.15, 0.2) is 29.6 Å². The van der Waals surface area contributed by atoms with E-state index in [0.29, 0.717) is 16.9 Å². The van der Waals surface area contributed by atoms with Crippen molar-refractivity contribution in [2.45, 2.75) is 32.0 Å². The molecule has 106 valence electrons. The SMILES string of the molecule is NNc1ccc(Cl)c(CN(Cc2cccs2)C2CC2)n1. The number of pyridine rings is 1. The van der Waals surface area contributed by atoms with Gasteiger partial charge < -0.3 is 5.43 Å². The number of anilines is 1. The molecule has 1 aliphatic carbocycles. The molecule has 2 aromatic rings. The Balaban J connectivity index is 1.76. The third kappa shape index (κ3) is 3.30. The Morgan fingerprint density at radius 3 is 2.85 bits per heavy atom. The molecular weight excluding hydrogens is 292 g/mol. The molecule has 0 aliphatic heterocycles. The topological polar surface area (TPSA) is 54.2 Å². The lowest BCUT2D eigenvalue weighted by Gasteiger charge is -2.21. The van der Waals surface area contributed by atoms with Crippen LogP contribution in [0.4, 0.5) is 5.82 Å². The van der Waals surface area contributed by atoms with E-state index in [1.807, 2.05) is 6.07 Å². The summed E-state index contributed by atoms with van der Waals surface area (Å²) < 4.78 is 0. The number of nitrogens with two attached hydrogens (primary N) is 1. The number of hydrogen-bond acceptors (Lipinski definition) is 5. The lowest BCUT2D eigenvalue weighted by atomic mass is 10.3. The summed E-state index contributed by atoms with van der Waals surface area (Å²) in [5.41, 5.74) is 3.45. The molecule has 1 fully saturated rings. The first kappa shape index (κ1) is 13.8. The fourth-order valence-corrected chi connectivity index (χ4v) is 3.12. The van der Waals surface area contributed by atoms with Crippen LogP contribution in [0.25, 0.3) is 0 Å². The van der Waals surface area contributed by atoms with Crippen LogP contribution in [0.2, 0.25) is 5.02 Å². The monoisotopic (exact) mass is 308 g/mol. The molecule has 0 unspecified atom stereocenters. The van der Waals surface area contributed by atoms with Crippen molar-refractivity contribution in [3.8, 4) is 0 Å². The third-order valence-corrected chi connectivity index (χ3v) is 4.63. The maximum absolute atomic E-state index is 6.25. The first-order valence-corrected chi connectivity index (χ1v) is 7.90. The zero-order valence-electron chi connectivity index (χ0n) is 11.1. The molecule has 4 nitrogen and oxygen atoms in total. The van der Waals surface area contributed by atoms with E-state index in [1.165, 1.54) is 17.7 Å². The van der Waals surface area contributed by atoms with Gasteiger partial charge in [-0.15, -0.1) is 11.3 Å². The molecule has 0 atom stereocenters. The van der Waals surface area contributed by atoms with E-state index in [2.05, 4.69) is 32.8 Å². The normalized spacial score (nSPS) is 14.8. The Hall–Kier alpha value is -1.14. The van der Waals surface area contributed by atoms with E-state index >= 15 is 0 Å². The lowest BCUT2D eigenvalue weighted by molar-refractivity contribution is 0.245. The largest absolute Gasteiger partial charge is 0.308 e. The molecule has 0 bridgehead atoms. The van der Waals surface area contributed by atoms with Crippen molar-refractivity contribution in [3.63, 3.8) is 0 Å². The van der Waals surface area contributed by atoms with Crippen LogP contribution in [0, 0.1) is 0 Å². The molecule has 0 spiro atoms. The molecule has 1 saturated carbocycles. The molecule has 3 rings (SSSR count). The average molecular weight is 309 g/mol. The summed E-state index contributed by atoms with van der Waals surface area (Å²) >= 11 is 8.04. The Morgan fingerprint density at radius 1 is 1.35 bits per heavy atom. The molecule has 20 heavy (non-hydrogen) atoms. The molecule has 2 aromatic heterocycles. The highest BCUT2D eigenvalue weighted by Gasteiger charge is 2.29. The van der Waals surface area contributed by atoms with Crippen molar-refractivity contribution in [1.29, 1.82) is 0 Å². The van der Waals surface area contributed by atoms with Gasteiger partial charge in [-0.1, -0.05) is 17.7 Å². The first-order valence-electron chi connectivity index (χ1n) is 6.64. The highest BCUT2D eigenvalue weighted by atomic mass is 35.5. The van der Waals surface area contributed by atoms with Crippen molar-refractivity contribution >= 4 is 28.8 Å². The molecule has 1 aliphatic rings. The molecule has 0 radical (unpaired) electrons. The maximum Gasteiger partial charge on any atom is 0.140 e. The Kier molecular flexibility index (Phi) is 4.21. The van der Waals surface area contributed by atoms with Crippen molar-refractivity contribution in [2.75, 3.05) is 5.43 Å².